The monoisotopic (exact) mass is 343 g/mol. The van der Waals surface area contributed by atoms with E-state index in [1.165, 1.54) is 0 Å². The van der Waals surface area contributed by atoms with Gasteiger partial charge in [0.25, 0.3) is 5.91 Å². The van der Waals surface area contributed by atoms with Crippen molar-refractivity contribution in [1.82, 2.24) is 15.2 Å². The highest BCUT2D eigenvalue weighted by atomic mass is 127. The number of halogens is 1. The number of amides is 1. The number of H-pyrrole nitrogens is 1. The largest absolute Gasteiger partial charge is 0.366 e. The Bertz CT molecular complexity index is 566. The highest BCUT2D eigenvalue weighted by Crippen LogP contribution is 2.17. The number of hydrogen-bond donors (Lipinski definition) is 3. The van der Waals surface area contributed by atoms with Crippen molar-refractivity contribution in [3.8, 4) is 0 Å². The maximum Gasteiger partial charge on any atom is 0.293 e. The summed E-state index contributed by atoms with van der Waals surface area (Å²) in [5.74, 6) is -0.222. The zero-order valence-corrected chi connectivity index (χ0v) is 11.1. The molecule has 17 heavy (non-hydrogen) atoms. The number of aromatic amines is 1. The van der Waals surface area contributed by atoms with Gasteiger partial charge in [-0.2, -0.15) is 4.98 Å². The second-order valence-electron chi connectivity index (χ2n) is 3.46. The zero-order valence-electron chi connectivity index (χ0n) is 8.99. The minimum absolute atomic E-state index is 0.0497. The lowest BCUT2D eigenvalue weighted by Crippen LogP contribution is -2.14. The number of nitrogens with one attached hydrogen (secondary N) is 2. The van der Waals surface area contributed by atoms with E-state index in [0.29, 0.717) is 5.69 Å². The quantitative estimate of drug-likeness (QED) is 0.721. The fourth-order valence-electron chi connectivity index (χ4n) is 1.24. The van der Waals surface area contributed by atoms with Gasteiger partial charge >= 0.3 is 0 Å². The van der Waals surface area contributed by atoms with Crippen molar-refractivity contribution in [2.75, 3.05) is 11.1 Å². The summed E-state index contributed by atoms with van der Waals surface area (Å²) in [7, 11) is 0. The highest BCUT2D eigenvalue weighted by molar-refractivity contribution is 14.1. The van der Waals surface area contributed by atoms with Gasteiger partial charge in [0.1, 0.15) is 0 Å². The average Bonchev–Trinajstić information content (AvgIpc) is 2.70. The number of hydrogen-bond acceptors (Lipinski definition) is 4. The summed E-state index contributed by atoms with van der Waals surface area (Å²) in [6, 6.07) is 5.65. The van der Waals surface area contributed by atoms with E-state index in [1.807, 2.05) is 25.1 Å². The molecule has 0 saturated heterocycles. The van der Waals surface area contributed by atoms with Crippen LogP contribution >= 0.6 is 22.6 Å². The number of nitrogen functional groups attached to an aromatic ring is 1. The fraction of sp³-hybridized carbons (Fsp3) is 0.100. The zero-order chi connectivity index (χ0) is 12.4. The van der Waals surface area contributed by atoms with E-state index in [9.17, 15) is 4.79 Å². The fourth-order valence-corrected chi connectivity index (χ4v) is 1.75. The van der Waals surface area contributed by atoms with Crippen LogP contribution in [0, 0.1) is 10.5 Å². The van der Waals surface area contributed by atoms with Gasteiger partial charge in [-0.15, -0.1) is 5.10 Å². The first-order valence-electron chi connectivity index (χ1n) is 4.81. The average molecular weight is 343 g/mol. The lowest BCUT2D eigenvalue weighted by atomic mass is 10.2. The molecule has 1 aromatic heterocycles. The highest BCUT2D eigenvalue weighted by Gasteiger charge is 2.11. The van der Waals surface area contributed by atoms with Crippen LogP contribution in [0.1, 0.15) is 16.2 Å². The van der Waals surface area contributed by atoms with Crippen LogP contribution in [-0.4, -0.2) is 21.1 Å². The Balaban J connectivity index is 2.15. The normalized spacial score (nSPS) is 10.2. The number of rotatable bonds is 2. The van der Waals surface area contributed by atoms with E-state index in [4.69, 9.17) is 5.73 Å². The number of aromatic nitrogens is 3. The predicted octanol–water partition coefficient (Wildman–Crippen LogP) is 1.55. The van der Waals surface area contributed by atoms with E-state index in [0.717, 1.165) is 9.13 Å². The molecule has 0 aliphatic carbocycles. The van der Waals surface area contributed by atoms with Crippen LogP contribution in [-0.2, 0) is 0 Å². The first-order valence-corrected chi connectivity index (χ1v) is 5.89. The summed E-state index contributed by atoms with van der Waals surface area (Å²) in [4.78, 5) is 15.5. The molecule has 0 aliphatic rings. The van der Waals surface area contributed by atoms with Crippen molar-refractivity contribution in [3.05, 3.63) is 33.2 Å². The van der Waals surface area contributed by atoms with Crippen LogP contribution in [0.25, 0.3) is 0 Å². The van der Waals surface area contributed by atoms with Crippen molar-refractivity contribution in [1.29, 1.82) is 0 Å². The molecule has 7 heteroatoms. The molecule has 1 heterocycles. The van der Waals surface area contributed by atoms with Crippen molar-refractivity contribution < 1.29 is 4.79 Å². The molecule has 2 aromatic rings. The van der Waals surface area contributed by atoms with Crippen LogP contribution in [0.3, 0.4) is 0 Å². The molecule has 0 spiro atoms. The van der Waals surface area contributed by atoms with Gasteiger partial charge in [0, 0.05) is 9.26 Å². The smallest absolute Gasteiger partial charge is 0.293 e. The molecule has 1 amide bonds. The van der Waals surface area contributed by atoms with E-state index in [2.05, 4.69) is 43.1 Å². The molecule has 6 nitrogen and oxygen atoms in total. The van der Waals surface area contributed by atoms with Gasteiger partial charge in [0.2, 0.25) is 11.8 Å². The Labute approximate surface area is 111 Å². The van der Waals surface area contributed by atoms with Gasteiger partial charge in [0.15, 0.2) is 0 Å². The van der Waals surface area contributed by atoms with Crippen LogP contribution in [0.5, 0.6) is 0 Å². The molecule has 0 radical (unpaired) electrons. The Kier molecular flexibility index (Phi) is 3.27. The van der Waals surface area contributed by atoms with E-state index >= 15 is 0 Å². The van der Waals surface area contributed by atoms with Gasteiger partial charge in [-0.3, -0.25) is 9.89 Å². The first kappa shape index (κ1) is 11.8. The molecule has 0 atom stereocenters. The SMILES string of the molecule is Cc1ccc(NC(=O)c2nc(N)n[nH]2)cc1I. The summed E-state index contributed by atoms with van der Waals surface area (Å²) in [5.41, 5.74) is 7.19. The first-order chi connectivity index (χ1) is 8.06. The summed E-state index contributed by atoms with van der Waals surface area (Å²) in [6.07, 6.45) is 0. The number of aryl methyl sites for hydroxylation is 1. The Morgan fingerprint density at radius 1 is 1.53 bits per heavy atom. The van der Waals surface area contributed by atoms with Crippen LogP contribution in [0.15, 0.2) is 18.2 Å². The Hall–Kier alpha value is -1.64. The number of anilines is 2. The maximum absolute atomic E-state index is 11.7. The molecule has 0 saturated carbocycles. The van der Waals surface area contributed by atoms with E-state index in [1.54, 1.807) is 0 Å². The van der Waals surface area contributed by atoms with Crippen LogP contribution < -0.4 is 11.1 Å². The maximum atomic E-state index is 11.7. The molecule has 88 valence electrons. The molecular formula is C10H10IN5O. The minimum atomic E-state index is -0.367. The summed E-state index contributed by atoms with van der Waals surface area (Å²) >= 11 is 2.21. The topological polar surface area (TPSA) is 96.7 Å². The van der Waals surface area contributed by atoms with Gasteiger partial charge in [-0.05, 0) is 47.2 Å². The molecular weight excluding hydrogens is 333 g/mol. The minimum Gasteiger partial charge on any atom is -0.366 e. The van der Waals surface area contributed by atoms with Crippen molar-refractivity contribution in [3.63, 3.8) is 0 Å². The third kappa shape index (κ3) is 2.73. The second-order valence-corrected chi connectivity index (χ2v) is 4.62. The molecule has 4 N–H and O–H groups in total. The van der Waals surface area contributed by atoms with Gasteiger partial charge in [0.05, 0.1) is 0 Å². The number of carbonyl (C=O) groups is 1. The van der Waals surface area contributed by atoms with E-state index in [-0.39, 0.29) is 17.7 Å². The Morgan fingerprint density at radius 3 is 2.88 bits per heavy atom. The van der Waals surface area contributed by atoms with E-state index < -0.39 is 0 Å². The van der Waals surface area contributed by atoms with Crippen molar-refractivity contribution in [2.24, 2.45) is 0 Å². The molecule has 0 aliphatic heterocycles. The summed E-state index contributed by atoms with van der Waals surface area (Å²) in [5, 5.41) is 8.75. The van der Waals surface area contributed by atoms with Crippen molar-refractivity contribution >= 4 is 40.1 Å². The van der Waals surface area contributed by atoms with Crippen molar-refractivity contribution in [2.45, 2.75) is 6.92 Å². The lowest BCUT2D eigenvalue weighted by molar-refractivity contribution is 0.101. The van der Waals surface area contributed by atoms with Crippen LogP contribution in [0.4, 0.5) is 11.6 Å². The number of benzene rings is 1. The predicted molar refractivity (Wildman–Crippen MR) is 72.6 cm³/mol. The second kappa shape index (κ2) is 4.70. The molecule has 2 rings (SSSR count). The number of nitrogens with zero attached hydrogens (tertiary/aromatic N) is 2. The summed E-state index contributed by atoms with van der Waals surface area (Å²) in [6.45, 7) is 2.00. The van der Waals surface area contributed by atoms with Gasteiger partial charge in [-0.25, -0.2) is 0 Å². The Morgan fingerprint density at radius 2 is 2.29 bits per heavy atom. The standard InChI is InChI=1S/C10H10IN5O/c1-5-2-3-6(4-7(5)11)13-9(17)8-14-10(12)16-15-8/h2-4H,1H3,(H,13,17)(H3,12,14,15,16). The summed E-state index contributed by atoms with van der Waals surface area (Å²) < 4.78 is 1.08. The van der Waals surface area contributed by atoms with Gasteiger partial charge < -0.3 is 11.1 Å². The molecule has 0 fully saturated rings. The third-order valence-corrected chi connectivity index (χ3v) is 3.31. The number of carbonyl (C=O) groups excluding carboxylic acids is 1. The van der Waals surface area contributed by atoms with Crippen LogP contribution in [0.2, 0.25) is 0 Å². The number of nitrogens with two attached hydrogens (primary N) is 1. The van der Waals surface area contributed by atoms with Gasteiger partial charge in [-0.1, -0.05) is 6.07 Å². The lowest BCUT2D eigenvalue weighted by Gasteiger charge is -2.04. The molecule has 0 bridgehead atoms. The third-order valence-electron chi connectivity index (χ3n) is 2.15. The molecule has 0 unspecified atom stereocenters. The molecule has 1 aromatic carbocycles.